The highest BCUT2D eigenvalue weighted by Gasteiger charge is 2.20. The van der Waals surface area contributed by atoms with E-state index in [-0.39, 0.29) is 0 Å². The normalized spacial score (nSPS) is 11.5. The lowest BCUT2D eigenvalue weighted by Gasteiger charge is -2.29. The number of anilines is 3. The van der Waals surface area contributed by atoms with Gasteiger partial charge in [0.1, 0.15) is 0 Å². The molecule has 0 N–H and O–H groups in total. The van der Waals surface area contributed by atoms with E-state index in [0.29, 0.717) is 0 Å². The molecule has 1 nitrogen and oxygen atoms in total. The van der Waals surface area contributed by atoms with Crippen LogP contribution < -0.4 is 4.90 Å². The first-order valence-corrected chi connectivity index (χ1v) is 19.7. The minimum atomic E-state index is 1.11. The highest BCUT2D eigenvalue weighted by atomic mass is 15.1. The first kappa shape index (κ1) is 32.9. The molecule has 0 heterocycles. The second kappa shape index (κ2) is 13.7. The maximum absolute atomic E-state index is 2.41. The summed E-state index contributed by atoms with van der Waals surface area (Å²) < 4.78 is 0. The van der Waals surface area contributed by atoms with Crippen molar-refractivity contribution >= 4 is 70.9 Å². The average Bonchev–Trinajstić information content (AvgIpc) is 3.29. The molecule has 11 rings (SSSR count). The van der Waals surface area contributed by atoms with E-state index in [1.165, 1.54) is 87.2 Å². The van der Waals surface area contributed by atoms with Gasteiger partial charge in [-0.15, -0.1) is 0 Å². The molecule has 0 spiro atoms. The molecule has 0 aliphatic heterocycles. The molecule has 0 radical (unpaired) electrons. The van der Waals surface area contributed by atoms with Crippen molar-refractivity contribution in [3.8, 4) is 33.4 Å². The van der Waals surface area contributed by atoms with Gasteiger partial charge in [0.2, 0.25) is 0 Å². The predicted molar refractivity (Wildman–Crippen MR) is 245 cm³/mol. The molecule has 0 aromatic heterocycles. The number of benzene rings is 11. The van der Waals surface area contributed by atoms with Crippen LogP contribution in [0.2, 0.25) is 0 Å². The summed E-state index contributed by atoms with van der Waals surface area (Å²) in [6, 6.07) is 82.1. The molecule has 0 aliphatic rings. The van der Waals surface area contributed by atoms with Crippen LogP contribution in [-0.4, -0.2) is 0 Å². The summed E-state index contributed by atoms with van der Waals surface area (Å²) in [6.07, 6.45) is 0. The third-order valence-corrected chi connectivity index (χ3v) is 11.6. The van der Waals surface area contributed by atoms with Crippen molar-refractivity contribution in [1.82, 2.24) is 0 Å². The quantitative estimate of drug-likeness (QED) is 0.154. The monoisotopic (exact) mass is 723 g/mol. The fraction of sp³-hybridized carbons (Fsp3) is 0. The van der Waals surface area contributed by atoms with Gasteiger partial charge < -0.3 is 4.90 Å². The van der Waals surface area contributed by atoms with E-state index >= 15 is 0 Å². The fourth-order valence-electron chi connectivity index (χ4n) is 8.84. The summed E-state index contributed by atoms with van der Waals surface area (Å²) in [5, 5.41) is 12.6. The number of rotatable bonds is 6. The molecule has 266 valence electrons. The van der Waals surface area contributed by atoms with Gasteiger partial charge in [0.25, 0.3) is 0 Å². The first-order chi connectivity index (χ1) is 28.3. The SMILES string of the molecule is c1ccc(-c2cc(-c3ccc4ccc5c6ccccc6ccc5c4c3)ccc2-c2ccccc2N(c2ccccc2)c2ccc3ccc4ccccc4c3c2)cc1. The molecular formula is C56H37N. The van der Waals surface area contributed by atoms with Crippen LogP contribution in [0.5, 0.6) is 0 Å². The maximum atomic E-state index is 2.41. The molecule has 11 aromatic rings. The Kier molecular flexibility index (Phi) is 7.89. The number of fused-ring (bicyclic) bond motifs is 8. The lowest BCUT2D eigenvalue weighted by Crippen LogP contribution is -2.11. The van der Waals surface area contributed by atoms with Crippen LogP contribution in [0.1, 0.15) is 0 Å². The Balaban J connectivity index is 1.10. The van der Waals surface area contributed by atoms with Crippen LogP contribution >= 0.6 is 0 Å². The average molecular weight is 724 g/mol. The molecule has 0 saturated heterocycles. The van der Waals surface area contributed by atoms with E-state index < -0.39 is 0 Å². The summed E-state index contributed by atoms with van der Waals surface area (Å²) in [5.74, 6) is 0. The van der Waals surface area contributed by atoms with Gasteiger partial charge in [-0.3, -0.25) is 0 Å². The molecular weight excluding hydrogens is 687 g/mol. The highest BCUT2D eigenvalue weighted by Crippen LogP contribution is 2.46. The summed E-state index contributed by atoms with van der Waals surface area (Å²) in [6.45, 7) is 0. The first-order valence-electron chi connectivity index (χ1n) is 19.7. The predicted octanol–water partition coefficient (Wildman–Crippen LogP) is 15.9. The summed E-state index contributed by atoms with van der Waals surface area (Å²) >= 11 is 0. The van der Waals surface area contributed by atoms with Crippen LogP contribution in [0.3, 0.4) is 0 Å². The zero-order valence-corrected chi connectivity index (χ0v) is 31.3. The minimum absolute atomic E-state index is 1.11. The molecule has 0 unspecified atom stereocenters. The second-order valence-electron chi connectivity index (χ2n) is 14.9. The van der Waals surface area contributed by atoms with Crippen LogP contribution in [0, 0.1) is 0 Å². The van der Waals surface area contributed by atoms with Gasteiger partial charge in [-0.2, -0.15) is 0 Å². The van der Waals surface area contributed by atoms with Crippen molar-refractivity contribution in [2.24, 2.45) is 0 Å². The Hall–Kier alpha value is -7.48. The highest BCUT2D eigenvalue weighted by molar-refractivity contribution is 6.18. The molecule has 11 aromatic carbocycles. The Bertz CT molecular complexity index is 3290. The van der Waals surface area contributed by atoms with Crippen molar-refractivity contribution in [2.45, 2.75) is 0 Å². The van der Waals surface area contributed by atoms with E-state index in [1.54, 1.807) is 0 Å². The van der Waals surface area contributed by atoms with E-state index in [4.69, 9.17) is 0 Å². The van der Waals surface area contributed by atoms with Crippen molar-refractivity contribution in [3.05, 3.63) is 224 Å². The Morgan fingerprint density at radius 1 is 0.228 bits per heavy atom. The number of hydrogen-bond donors (Lipinski definition) is 0. The van der Waals surface area contributed by atoms with E-state index in [2.05, 4.69) is 229 Å². The molecule has 0 atom stereocenters. The third kappa shape index (κ3) is 5.72. The largest absolute Gasteiger partial charge is 0.310 e. The Labute approximate surface area is 332 Å². The smallest absolute Gasteiger partial charge is 0.0540 e. The van der Waals surface area contributed by atoms with Crippen molar-refractivity contribution in [3.63, 3.8) is 0 Å². The van der Waals surface area contributed by atoms with Gasteiger partial charge in [-0.1, -0.05) is 182 Å². The zero-order valence-electron chi connectivity index (χ0n) is 31.3. The number of nitrogens with zero attached hydrogens (tertiary/aromatic N) is 1. The van der Waals surface area contributed by atoms with Crippen LogP contribution in [0.15, 0.2) is 224 Å². The maximum Gasteiger partial charge on any atom is 0.0540 e. The van der Waals surface area contributed by atoms with E-state index in [0.717, 1.165) is 17.1 Å². The zero-order chi connectivity index (χ0) is 37.7. The van der Waals surface area contributed by atoms with Gasteiger partial charge in [0.15, 0.2) is 0 Å². The van der Waals surface area contributed by atoms with Gasteiger partial charge in [0, 0.05) is 16.9 Å². The Morgan fingerprint density at radius 2 is 0.737 bits per heavy atom. The Morgan fingerprint density at radius 3 is 1.49 bits per heavy atom. The van der Waals surface area contributed by atoms with E-state index in [9.17, 15) is 0 Å². The standard InChI is InChI=1S/C56H37N/c1-3-13-38(14-4-1)53-36-44(43-26-25-42-29-32-49-47-19-9-7-16-40(47)28-33-50(49)54(42)35-43)30-34-51(53)52-21-11-12-22-56(52)57(45-17-5-2-6-18-45)46-31-27-41-24-23-39-15-8-10-20-48(39)55(41)37-46/h1-37H. The van der Waals surface area contributed by atoms with E-state index in [1.807, 2.05) is 0 Å². The van der Waals surface area contributed by atoms with Crippen LogP contribution in [-0.2, 0) is 0 Å². The lowest BCUT2D eigenvalue weighted by atomic mass is 9.89. The number of para-hydroxylation sites is 2. The minimum Gasteiger partial charge on any atom is -0.310 e. The third-order valence-electron chi connectivity index (χ3n) is 11.6. The summed E-state index contributed by atoms with van der Waals surface area (Å²) in [5.41, 5.74) is 10.5. The van der Waals surface area contributed by atoms with Crippen molar-refractivity contribution in [2.75, 3.05) is 4.90 Å². The van der Waals surface area contributed by atoms with Crippen LogP contribution in [0.25, 0.3) is 87.2 Å². The van der Waals surface area contributed by atoms with Gasteiger partial charge in [0.05, 0.1) is 5.69 Å². The molecule has 1 heteroatoms. The fourth-order valence-corrected chi connectivity index (χ4v) is 8.84. The summed E-state index contributed by atoms with van der Waals surface area (Å²) in [4.78, 5) is 2.41. The second-order valence-corrected chi connectivity index (χ2v) is 14.9. The van der Waals surface area contributed by atoms with Gasteiger partial charge in [-0.05, 0) is 124 Å². The molecule has 0 aliphatic carbocycles. The van der Waals surface area contributed by atoms with Gasteiger partial charge >= 0.3 is 0 Å². The molecule has 57 heavy (non-hydrogen) atoms. The van der Waals surface area contributed by atoms with Crippen molar-refractivity contribution < 1.29 is 0 Å². The topological polar surface area (TPSA) is 3.24 Å². The number of hydrogen-bond acceptors (Lipinski definition) is 1. The molecule has 0 fully saturated rings. The lowest BCUT2D eigenvalue weighted by molar-refractivity contribution is 1.29. The molecule has 0 amide bonds. The summed E-state index contributed by atoms with van der Waals surface area (Å²) in [7, 11) is 0. The van der Waals surface area contributed by atoms with Crippen LogP contribution in [0.4, 0.5) is 17.1 Å². The van der Waals surface area contributed by atoms with Crippen molar-refractivity contribution in [1.29, 1.82) is 0 Å². The van der Waals surface area contributed by atoms with Gasteiger partial charge in [-0.25, -0.2) is 0 Å². The molecule has 0 saturated carbocycles. The molecule has 0 bridgehead atoms.